The fourth-order valence-corrected chi connectivity index (χ4v) is 3.04. The highest BCUT2D eigenvalue weighted by atomic mass is 16.6. The van der Waals surface area contributed by atoms with E-state index in [4.69, 9.17) is 12.6 Å². The lowest BCUT2D eigenvalue weighted by Crippen LogP contribution is -2.27. The summed E-state index contributed by atoms with van der Waals surface area (Å²) in [6.45, 7) is 3.35. The van der Waals surface area contributed by atoms with E-state index in [2.05, 4.69) is 23.4 Å². The summed E-state index contributed by atoms with van der Waals surface area (Å²) in [5.41, 5.74) is 7.27. The lowest BCUT2D eigenvalue weighted by molar-refractivity contribution is -0.422. The molecule has 1 aromatic heterocycles. The van der Waals surface area contributed by atoms with E-state index in [-0.39, 0.29) is 17.3 Å². The summed E-state index contributed by atoms with van der Waals surface area (Å²) in [5, 5.41) is 11.3. The maximum atomic E-state index is 11.3. The van der Waals surface area contributed by atoms with Crippen molar-refractivity contribution < 1.29 is 9.66 Å². The Labute approximate surface area is 154 Å². The molecule has 3 rings (SSSR count). The highest BCUT2D eigenvalue weighted by Crippen LogP contribution is 2.25. The van der Waals surface area contributed by atoms with Crippen molar-refractivity contribution in [2.45, 2.75) is 38.7 Å². The van der Waals surface area contributed by atoms with Crippen molar-refractivity contribution in [1.82, 2.24) is 9.88 Å². The summed E-state index contributed by atoms with van der Waals surface area (Å²) in [7, 11) is 5.59. The minimum atomic E-state index is -0.444. The molecule has 0 aromatic carbocycles. The molecule has 2 aliphatic rings. The van der Waals surface area contributed by atoms with Crippen molar-refractivity contribution in [2.24, 2.45) is 0 Å². The van der Waals surface area contributed by atoms with E-state index in [1.807, 2.05) is 23.2 Å². The van der Waals surface area contributed by atoms with Gasteiger partial charge < -0.3 is 9.64 Å². The van der Waals surface area contributed by atoms with Crippen molar-refractivity contribution in [3.05, 3.63) is 68.4 Å². The summed E-state index contributed by atoms with van der Waals surface area (Å²) in [4.78, 5) is 17.1. The van der Waals surface area contributed by atoms with Crippen molar-refractivity contribution in [3.63, 3.8) is 0 Å². The zero-order chi connectivity index (χ0) is 18.5. The third-order valence-electron chi connectivity index (χ3n) is 4.42. The first kappa shape index (κ1) is 18.1. The molecule has 0 bridgehead atoms. The van der Waals surface area contributed by atoms with Gasteiger partial charge in [-0.15, -0.1) is 0 Å². The van der Waals surface area contributed by atoms with E-state index in [9.17, 15) is 10.1 Å². The van der Waals surface area contributed by atoms with Gasteiger partial charge in [-0.25, -0.2) is 4.98 Å². The molecule has 0 spiro atoms. The Bertz CT molecular complexity index is 819. The zero-order valence-electron chi connectivity index (χ0n) is 14.8. The molecule has 0 saturated carbocycles. The highest BCUT2D eigenvalue weighted by molar-refractivity contribution is 6.23. The molecule has 1 aromatic rings. The standard InChI is InChI=1S/C19H20BN3O3/c1-2-3-4-14-5-8-19(21-12-14)26-16-9-10-22(13-16)17-7-6-15(20)11-18(17)23(24)25/h5,8,11-12,16H,2-4,9-10,13H2,1H3. The van der Waals surface area contributed by atoms with Gasteiger partial charge in [-0.05, 0) is 29.6 Å². The molecule has 1 fully saturated rings. The first-order chi connectivity index (χ1) is 12.6. The van der Waals surface area contributed by atoms with Crippen molar-refractivity contribution in [3.8, 4) is 5.88 Å². The Hall–Kier alpha value is -2.75. The van der Waals surface area contributed by atoms with E-state index >= 15 is 0 Å². The number of ether oxygens (including phenoxy) is 1. The lowest BCUT2D eigenvalue weighted by Gasteiger charge is -2.19. The Balaban J connectivity index is 1.63. The Kier molecular flexibility index (Phi) is 5.62. The van der Waals surface area contributed by atoms with Gasteiger partial charge in [0.15, 0.2) is 5.70 Å². The van der Waals surface area contributed by atoms with E-state index in [1.54, 1.807) is 0 Å². The second-order valence-corrected chi connectivity index (χ2v) is 6.42. The number of aromatic nitrogens is 1. The van der Waals surface area contributed by atoms with Crippen LogP contribution in [0, 0.1) is 10.1 Å². The fraction of sp³-hybridized carbons (Fsp3) is 0.421. The van der Waals surface area contributed by atoms with Crippen LogP contribution < -0.4 is 4.74 Å². The highest BCUT2D eigenvalue weighted by Gasteiger charge is 2.32. The molecular formula is C19H20BN3O3. The third-order valence-corrected chi connectivity index (χ3v) is 4.42. The topological polar surface area (TPSA) is 68.5 Å². The van der Waals surface area contributed by atoms with E-state index < -0.39 is 4.92 Å². The van der Waals surface area contributed by atoms with Gasteiger partial charge in [0.2, 0.25) is 5.88 Å². The first-order valence-corrected chi connectivity index (χ1v) is 8.81. The Morgan fingerprint density at radius 3 is 3.00 bits per heavy atom. The molecule has 2 radical (unpaired) electrons. The Morgan fingerprint density at radius 1 is 1.46 bits per heavy atom. The maximum Gasteiger partial charge on any atom is 0.301 e. The predicted molar refractivity (Wildman–Crippen MR) is 98.3 cm³/mol. The summed E-state index contributed by atoms with van der Waals surface area (Å²) in [5.74, 6) is 0.583. The number of hydrogen-bond acceptors (Lipinski definition) is 5. The van der Waals surface area contributed by atoms with E-state index in [0.29, 0.717) is 24.7 Å². The predicted octanol–water partition coefficient (Wildman–Crippen LogP) is 2.74. The monoisotopic (exact) mass is 349 g/mol. The number of nitro groups is 1. The van der Waals surface area contributed by atoms with Gasteiger partial charge in [-0.1, -0.05) is 25.1 Å². The van der Waals surface area contributed by atoms with Crippen molar-refractivity contribution in [1.29, 1.82) is 0 Å². The molecule has 1 atom stereocenters. The second kappa shape index (κ2) is 8.09. The molecule has 132 valence electrons. The first-order valence-electron chi connectivity index (χ1n) is 8.81. The van der Waals surface area contributed by atoms with Crippen molar-refractivity contribution in [2.75, 3.05) is 13.1 Å². The minimum absolute atomic E-state index is 0.0553. The molecule has 1 unspecified atom stereocenters. The van der Waals surface area contributed by atoms with Gasteiger partial charge in [0, 0.05) is 31.3 Å². The smallest absolute Gasteiger partial charge is 0.301 e. The molecular weight excluding hydrogens is 329 g/mol. The number of hydrogen-bond donors (Lipinski definition) is 0. The van der Waals surface area contributed by atoms with Gasteiger partial charge in [0.25, 0.3) is 0 Å². The Morgan fingerprint density at radius 2 is 2.31 bits per heavy atom. The molecule has 1 saturated heterocycles. The van der Waals surface area contributed by atoms with Crippen LogP contribution in [0.2, 0.25) is 0 Å². The van der Waals surface area contributed by atoms with Crippen LogP contribution >= 0.6 is 0 Å². The van der Waals surface area contributed by atoms with Crippen LogP contribution in [0.3, 0.4) is 0 Å². The van der Waals surface area contributed by atoms with Gasteiger partial charge >= 0.3 is 5.70 Å². The van der Waals surface area contributed by atoms with Gasteiger partial charge in [0.1, 0.15) is 14.0 Å². The molecule has 26 heavy (non-hydrogen) atoms. The van der Waals surface area contributed by atoms with Gasteiger partial charge in [-0.2, -0.15) is 0 Å². The third kappa shape index (κ3) is 4.26. The van der Waals surface area contributed by atoms with Crippen molar-refractivity contribution >= 4 is 7.85 Å². The normalized spacial score (nSPS) is 19.0. The SMILES string of the molecule is [B]C1=C=C=C(N2CCC(Oc3ccc(CCCC)cn3)C2)C([N+](=O)[O-])=C1. The summed E-state index contributed by atoms with van der Waals surface area (Å²) in [6.07, 6.45) is 7.18. The van der Waals surface area contributed by atoms with Crippen LogP contribution in [0.25, 0.3) is 0 Å². The van der Waals surface area contributed by atoms with Crippen LogP contribution in [0.5, 0.6) is 5.88 Å². The lowest BCUT2D eigenvalue weighted by atomic mass is 9.93. The van der Waals surface area contributed by atoms with Crippen LogP contribution in [-0.2, 0) is 6.42 Å². The molecule has 0 amide bonds. The zero-order valence-corrected chi connectivity index (χ0v) is 14.8. The molecule has 6 nitrogen and oxygen atoms in total. The molecule has 1 aliphatic heterocycles. The molecule has 0 N–H and O–H groups in total. The number of unbranched alkanes of at least 4 members (excludes halogenated alkanes) is 1. The molecule has 2 heterocycles. The van der Waals surface area contributed by atoms with Crippen LogP contribution in [-0.4, -0.2) is 41.8 Å². The maximum absolute atomic E-state index is 11.3. The quantitative estimate of drug-likeness (QED) is 0.328. The summed E-state index contributed by atoms with van der Waals surface area (Å²) >= 11 is 0. The van der Waals surface area contributed by atoms with Gasteiger partial charge in [-0.3, -0.25) is 10.1 Å². The van der Waals surface area contributed by atoms with Crippen LogP contribution in [0.15, 0.2) is 52.7 Å². The van der Waals surface area contributed by atoms with E-state index in [1.165, 1.54) is 11.6 Å². The van der Waals surface area contributed by atoms with Gasteiger partial charge in [0.05, 0.1) is 11.5 Å². The number of pyridine rings is 1. The minimum Gasteiger partial charge on any atom is -0.472 e. The average molecular weight is 349 g/mol. The number of rotatable bonds is 7. The van der Waals surface area contributed by atoms with Crippen LogP contribution in [0.4, 0.5) is 0 Å². The largest absolute Gasteiger partial charge is 0.472 e. The molecule has 1 aliphatic carbocycles. The summed E-state index contributed by atoms with van der Waals surface area (Å²) in [6, 6.07) is 3.93. The molecule has 7 heteroatoms. The second-order valence-electron chi connectivity index (χ2n) is 6.42. The fourth-order valence-electron chi connectivity index (χ4n) is 3.04. The van der Waals surface area contributed by atoms with Crippen LogP contribution in [0.1, 0.15) is 31.7 Å². The number of likely N-dealkylation sites (tertiary alicyclic amines) is 1. The van der Waals surface area contributed by atoms with E-state index in [0.717, 1.165) is 25.7 Å². The number of nitrogens with zero attached hydrogens (tertiary/aromatic N) is 3. The summed E-state index contributed by atoms with van der Waals surface area (Å²) < 4.78 is 5.94. The number of aryl methyl sites for hydroxylation is 1. The average Bonchev–Trinajstić information content (AvgIpc) is 3.09. The number of allylic oxidation sites excluding steroid dienone is 2.